The normalized spacial score (nSPS) is 15.3. The van der Waals surface area contributed by atoms with Crippen LogP contribution in [0.1, 0.15) is 188 Å². The van der Waals surface area contributed by atoms with Crippen LogP contribution in [0.25, 0.3) is 0 Å². The average molecular weight is 939 g/mol. The third kappa shape index (κ3) is 46.2. The minimum absolute atomic E-state index is 0.0580. The van der Waals surface area contributed by atoms with Crippen LogP contribution in [0.15, 0.2) is 72.9 Å². The minimum Gasteiger partial charge on any atom is -0.462 e. The molecule has 0 aliphatic carbocycles. The third-order valence-electron chi connectivity index (χ3n) is 10.5. The van der Waals surface area contributed by atoms with Crippen molar-refractivity contribution in [1.29, 1.82) is 0 Å². The fraction of sp³-hybridized carbons (Fsp3) is 0.731. The van der Waals surface area contributed by atoms with Crippen LogP contribution < -0.4 is 0 Å². The summed E-state index contributed by atoms with van der Waals surface area (Å²) in [5, 5.41) is 38.4. The van der Waals surface area contributed by atoms with Gasteiger partial charge in [-0.15, -0.1) is 0 Å². The lowest BCUT2D eigenvalue weighted by molar-refractivity contribution is -0.161. The Balaban J connectivity index is 4.39. The molecular weight excluding hydrogens is 848 g/mol. The van der Waals surface area contributed by atoms with E-state index in [4.69, 9.17) is 19.1 Å². The summed E-state index contributed by atoms with van der Waals surface area (Å²) in [5.74, 6) is -0.258. The molecule has 12 nitrogen and oxygen atoms in total. The lowest BCUT2D eigenvalue weighted by Gasteiger charge is -2.20. The van der Waals surface area contributed by atoms with Crippen LogP contribution in [0.2, 0.25) is 0 Å². The van der Waals surface area contributed by atoms with Crippen molar-refractivity contribution in [2.75, 3.05) is 26.4 Å². The van der Waals surface area contributed by atoms with Crippen LogP contribution in [-0.4, -0.2) is 88.1 Å². The van der Waals surface area contributed by atoms with Gasteiger partial charge in [0.15, 0.2) is 6.10 Å². The maximum atomic E-state index is 12.7. The molecule has 13 heteroatoms. The summed E-state index contributed by atoms with van der Waals surface area (Å²) in [6, 6.07) is 0. The number of phosphoric acid groups is 1. The molecule has 0 saturated carbocycles. The standard InChI is InChI=1S/C52H91O12P/c1-4-5-28-36-47(54)38-31-26-27-32-39-48(55)37-30-23-20-21-24-33-40-51(57)61-44-50(45-63-65(59,60)62-43-49(56)42-53)64-52(58)41-34-25-19-17-15-13-11-9-7-6-8-10-12-14-16-18-22-29-35-46(2)3/h5,21,23-24,26-28,30-32,38-39,46-50,53-56H,4,6-20,22,25,29,33-37,40-45H2,1-3H3,(H,59,60)/b24-21-,27-26-,28-5-,30-23-,38-31+,39-32+/t47-,48+,49+,50-/m1/s1. The van der Waals surface area contributed by atoms with Crippen LogP contribution in [0, 0.1) is 5.92 Å². The van der Waals surface area contributed by atoms with Crippen LogP contribution in [0.4, 0.5) is 0 Å². The number of ether oxygens (including phenoxy) is 2. The van der Waals surface area contributed by atoms with E-state index in [0.29, 0.717) is 32.1 Å². The molecule has 0 fully saturated rings. The zero-order valence-corrected chi connectivity index (χ0v) is 41.5. The molecule has 0 bridgehead atoms. The zero-order valence-electron chi connectivity index (χ0n) is 40.6. The van der Waals surface area contributed by atoms with E-state index in [2.05, 4.69) is 18.4 Å². The first-order chi connectivity index (χ1) is 31.4. The van der Waals surface area contributed by atoms with Crippen molar-refractivity contribution in [3.63, 3.8) is 0 Å². The van der Waals surface area contributed by atoms with Gasteiger partial charge in [-0.3, -0.25) is 18.6 Å². The number of carbonyl (C=O) groups excluding carboxylic acids is 2. The number of allylic oxidation sites excluding steroid dienone is 8. The van der Waals surface area contributed by atoms with Gasteiger partial charge in [0, 0.05) is 12.8 Å². The van der Waals surface area contributed by atoms with Crippen molar-refractivity contribution in [2.45, 2.75) is 212 Å². The van der Waals surface area contributed by atoms with E-state index in [1.807, 2.05) is 43.4 Å². The van der Waals surface area contributed by atoms with Gasteiger partial charge in [-0.25, -0.2) is 4.57 Å². The molecule has 0 radical (unpaired) electrons. The van der Waals surface area contributed by atoms with Gasteiger partial charge in [-0.1, -0.05) is 209 Å². The Morgan fingerprint density at radius 1 is 0.569 bits per heavy atom. The summed E-state index contributed by atoms with van der Waals surface area (Å²) >= 11 is 0. The number of esters is 2. The molecule has 0 amide bonds. The van der Waals surface area contributed by atoms with E-state index < -0.39 is 70.6 Å². The van der Waals surface area contributed by atoms with Gasteiger partial charge in [-0.2, -0.15) is 0 Å². The van der Waals surface area contributed by atoms with Crippen molar-refractivity contribution in [3.05, 3.63) is 72.9 Å². The average Bonchev–Trinajstić information content (AvgIpc) is 3.27. The van der Waals surface area contributed by atoms with Crippen LogP contribution in [0.3, 0.4) is 0 Å². The third-order valence-corrected chi connectivity index (χ3v) is 11.4. The number of unbranched alkanes of at least 4 members (excludes halogenated alkanes) is 17. The highest BCUT2D eigenvalue weighted by molar-refractivity contribution is 7.47. The molecule has 0 spiro atoms. The fourth-order valence-electron chi connectivity index (χ4n) is 6.62. The number of carbonyl (C=O) groups is 2. The Labute approximate surface area is 394 Å². The molecule has 376 valence electrons. The van der Waals surface area contributed by atoms with E-state index in [0.717, 1.165) is 31.6 Å². The van der Waals surface area contributed by atoms with Crippen molar-refractivity contribution in [3.8, 4) is 0 Å². The van der Waals surface area contributed by atoms with Crippen molar-refractivity contribution >= 4 is 19.8 Å². The number of rotatable bonds is 45. The van der Waals surface area contributed by atoms with E-state index in [1.165, 1.54) is 96.3 Å². The number of phosphoric ester groups is 1. The number of aliphatic hydroxyl groups is 4. The Kier molecular flexibility index (Phi) is 43.3. The molecular formula is C52H91O12P. The molecule has 0 saturated heterocycles. The van der Waals surface area contributed by atoms with Gasteiger partial charge >= 0.3 is 19.8 Å². The maximum absolute atomic E-state index is 12.7. The smallest absolute Gasteiger partial charge is 0.462 e. The molecule has 0 aromatic carbocycles. The SMILES string of the molecule is CC/C=C\C[C@@H](O)/C=C/C=C\C=C\[C@@H](O)C/C=C\C/C=C\CCC(=O)OC[C@H](COP(=O)(O)OC[C@@H](O)CO)OC(=O)CCCCCCCCCCCCCCCCCCCCC(C)C. The summed E-state index contributed by atoms with van der Waals surface area (Å²) in [4.78, 5) is 35.1. The molecule has 0 aliphatic rings. The summed E-state index contributed by atoms with van der Waals surface area (Å²) in [6.07, 6.45) is 45.2. The van der Waals surface area contributed by atoms with Gasteiger partial charge in [0.25, 0.3) is 0 Å². The summed E-state index contributed by atoms with van der Waals surface area (Å²) in [7, 11) is -4.67. The quantitative estimate of drug-likeness (QED) is 0.0128. The van der Waals surface area contributed by atoms with Gasteiger partial charge in [0.1, 0.15) is 12.7 Å². The molecule has 1 unspecified atom stereocenters. The second-order valence-electron chi connectivity index (χ2n) is 17.3. The molecule has 0 aromatic heterocycles. The lowest BCUT2D eigenvalue weighted by Crippen LogP contribution is -2.29. The highest BCUT2D eigenvalue weighted by Gasteiger charge is 2.27. The first kappa shape index (κ1) is 62.3. The Hall–Kier alpha value is -2.67. The molecule has 65 heavy (non-hydrogen) atoms. The van der Waals surface area contributed by atoms with Gasteiger partial charge < -0.3 is 34.8 Å². The molecule has 0 heterocycles. The molecule has 0 aromatic rings. The zero-order chi connectivity index (χ0) is 48.1. The molecule has 5 N–H and O–H groups in total. The monoisotopic (exact) mass is 939 g/mol. The molecule has 5 atom stereocenters. The van der Waals surface area contributed by atoms with E-state index in [-0.39, 0.29) is 12.8 Å². The predicted octanol–water partition coefficient (Wildman–Crippen LogP) is 11.8. The highest BCUT2D eigenvalue weighted by atomic mass is 31.2. The fourth-order valence-corrected chi connectivity index (χ4v) is 7.40. The van der Waals surface area contributed by atoms with Crippen LogP contribution >= 0.6 is 7.82 Å². The highest BCUT2D eigenvalue weighted by Crippen LogP contribution is 2.43. The van der Waals surface area contributed by atoms with Crippen molar-refractivity contribution < 1.29 is 58.0 Å². The van der Waals surface area contributed by atoms with E-state index >= 15 is 0 Å². The van der Waals surface area contributed by atoms with Gasteiger partial charge in [-0.05, 0) is 44.4 Å². The Morgan fingerprint density at radius 2 is 1.05 bits per heavy atom. The van der Waals surface area contributed by atoms with Crippen molar-refractivity contribution in [1.82, 2.24) is 0 Å². The summed E-state index contributed by atoms with van der Waals surface area (Å²) in [6.45, 7) is 4.36. The molecule has 0 rings (SSSR count). The largest absolute Gasteiger partial charge is 0.472 e. The Bertz CT molecular complexity index is 1360. The van der Waals surface area contributed by atoms with Gasteiger partial charge in [0.2, 0.25) is 0 Å². The minimum atomic E-state index is -4.67. The van der Waals surface area contributed by atoms with Crippen molar-refractivity contribution in [2.24, 2.45) is 5.92 Å². The number of hydrogen-bond acceptors (Lipinski definition) is 11. The topological polar surface area (TPSA) is 189 Å². The van der Waals surface area contributed by atoms with Gasteiger partial charge in [0.05, 0.1) is 32.0 Å². The number of hydrogen-bond donors (Lipinski definition) is 5. The van der Waals surface area contributed by atoms with E-state index in [9.17, 15) is 34.4 Å². The maximum Gasteiger partial charge on any atom is 0.472 e. The first-order valence-corrected chi connectivity index (χ1v) is 26.5. The summed E-state index contributed by atoms with van der Waals surface area (Å²) in [5.41, 5.74) is 0. The lowest BCUT2D eigenvalue weighted by atomic mass is 10.0. The second-order valence-corrected chi connectivity index (χ2v) is 18.8. The second kappa shape index (κ2) is 45.1. The van der Waals surface area contributed by atoms with Crippen LogP contribution in [0.5, 0.6) is 0 Å². The molecule has 0 aliphatic heterocycles. The predicted molar refractivity (Wildman–Crippen MR) is 263 cm³/mol. The Morgan fingerprint density at radius 3 is 1.55 bits per heavy atom. The first-order valence-electron chi connectivity index (χ1n) is 25.0. The summed E-state index contributed by atoms with van der Waals surface area (Å²) < 4.78 is 32.7. The van der Waals surface area contributed by atoms with Crippen LogP contribution in [-0.2, 0) is 32.7 Å². The van der Waals surface area contributed by atoms with E-state index in [1.54, 1.807) is 36.5 Å². The number of aliphatic hydroxyl groups excluding tert-OH is 4.